The van der Waals surface area contributed by atoms with E-state index in [9.17, 15) is 5.11 Å². The fourth-order valence-electron chi connectivity index (χ4n) is 2.22. The van der Waals surface area contributed by atoms with Gasteiger partial charge in [0.1, 0.15) is 11.4 Å². The zero-order chi connectivity index (χ0) is 18.0. The largest absolute Gasteiger partial charge is 0.494 e. The number of halogens is 1. The molecule has 5 nitrogen and oxygen atoms in total. The molecular formula is C19H28IN3O2S. The second-order valence-electron chi connectivity index (χ2n) is 5.89. The summed E-state index contributed by atoms with van der Waals surface area (Å²) in [5.41, 5.74) is -0.951. The second kappa shape index (κ2) is 12.1. The number of ether oxygens (including phenoxy) is 1. The van der Waals surface area contributed by atoms with E-state index < -0.39 is 5.60 Å². The van der Waals surface area contributed by atoms with Crippen LogP contribution < -0.4 is 15.4 Å². The highest BCUT2D eigenvalue weighted by atomic mass is 127. The molecule has 0 aliphatic heterocycles. The van der Waals surface area contributed by atoms with Gasteiger partial charge in [0.05, 0.1) is 13.2 Å². The minimum atomic E-state index is -0.951. The number of benzene rings is 1. The molecular weight excluding hydrogens is 461 g/mol. The zero-order valence-corrected chi connectivity index (χ0v) is 18.4. The van der Waals surface area contributed by atoms with Crippen LogP contribution in [0.15, 0.2) is 52.8 Å². The summed E-state index contributed by atoms with van der Waals surface area (Å²) in [5.74, 6) is 1.59. The molecule has 2 aromatic rings. The SMILES string of the molecule is CCNC(=NCC(C)(O)c1cccs1)NCCCOc1ccccc1.I. The maximum atomic E-state index is 10.6. The predicted molar refractivity (Wildman–Crippen MR) is 120 cm³/mol. The van der Waals surface area contributed by atoms with Crippen LogP contribution in [0.4, 0.5) is 0 Å². The summed E-state index contributed by atoms with van der Waals surface area (Å²) >= 11 is 1.54. The van der Waals surface area contributed by atoms with E-state index in [1.54, 1.807) is 18.3 Å². The molecule has 0 fully saturated rings. The van der Waals surface area contributed by atoms with Crippen molar-refractivity contribution < 1.29 is 9.84 Å². The Balaban J connectivity index is 0.00000338. The van der Waals surface area contributed by atoms with E-state index in [4.69, 9.17) is 4.74 Å². The predicted octanol–water partition coefficient (Wildman–Crippen LogP) is 3.60. The Hall–Kier alpha value is -1.32. The number of hydrogen-bond acceptors (Lipinski definition) is 4. The van der Waals surface area contributed by atoms with Gasteiger partial charge in [-0.2, -0.15) is 0 Å². The van der Waals surface area contributed by atoms with Gasteiger partial charge in [0.15, 0.2) is 5.96 Å². The monoisotopic (exact) mass is 489 g/mol. The number of nitrogens with zero attached hydrogens (tertiary/aromatic N) is 1. The van der Waals surface area contributed by atoms with E-state index >= 15 is 0 Å². The molecule has 1 aromatic carbocycles. The summed E-state index contributed by atoms with van der Waals surface area (Å²) in [6.45, 7) is 6.28. The Morgan fingerprint density at radius 1 is 1.19 bits per heavy atom. The smallest absolute Gasteiger partial charge is 0.191 e. The third kappa shape index (κ3) is 7.92. The van der Waals surface area contributed by atoms with E-state index in [0.29, 0.717) is 19.1 Å². The van der Waals surface area contributed by atoms with Crippen LogP contribution in [0, 0.1) is 0 Å². The third-order valence-corrected chi connectivity index (χ3v) is 4.69. The van der Waals surface area contributed by atoms with Gasteiger partial charge in [-0.15, -0.1) is 35.3 Å². The number of nitrogens with one attached hydrogen (secondary N) is 2. The summed E-state index contributed by atoms with van der Waals surface area (Å²) in [5, 5.41) is 19.0. The van der Waals surface area contributed by atoms with Crippen LogP contribution in [-0.4, -0.2) is 37.3 Å². The fourth-order valence-corrected chi connectivity index (χ4v) is 3.00. The second-order valence-corrected chi connectivity index (χ2v) is 6.84. The standard InChI is InChI=1S/C19H27N3O2S.HI/c1-3-20-18(22-15-19(2,23)17-11-7-14-25-17)21-12-8-13-24-16-9-5-4-6-10-16;/h4-7,9-11,14,23H,3,8,12-13,15H2,1-2H3,(H2,20,21,22);1H. The number of rotatable bonds is 9. The fraction of sp³-hybridized carbons (Fsp3) is 0.421. The highest BCUT2D eigenvalue weighted by molar-refractivity contribution is 14.0. The molecule has 1 heterocycles. The van der Waals surface area contributed by atoms with Gasteiger partial charge in [-0.3, -0.25) is 0 Å². The molecule has 0 saturated heterocycles. The molecule has 1 atom stereocenters. The van der Waals surface area contributed by atoms with Crippen molar-refractivity contribution in [2.75, 3.05) is 26.2 Å². The first kappa shape index (κ1) is 22.7. The summed E-state index contributed by atoms with van der Waals surface area (Å²) in [6.07, 6.45) is 0.862. The first-order valence-corrected chi connectivity index (χ1v) is 9.46. The van der Waals surface area contributed by atoms with Gasteiger partial charge in [0.2, 0.25) is 0 Å². The lowest BCUT2D eigenvalue weighted by molar-refractivity contribution is 0.0711. The molecule has 26 heavy (non-hydrogen) atoms. The van der Waals surface area contributed by atoms with Crippen LogP contribution in [0.1, 0.15) is 25.1 Å². The van der Waals surface area contributed by atoms with E-state index in [1.807, 2.05) is 54.8 Å². The molecule has 0 spiro atoms. The third-order valence-electron chi connectivity index (χ3n) is 3.57. The molecule has 7 heteroatoms. The van der Waals surface area contributed by atoms with Crippen LogP contribution in [0.2, 0.25) is 0 Å². The normalized spacial score (nSPS) is 13.4. The Morgan fingerprint density at radius 2 is 1.96 bits per heavy atom. The summed E-state index contributed by atoms with van der Waals surface area (Å²) < 4.78 is 5.67. The van der Waals surface area contributed by atoms with Gasteiger partial charge < -0.3 is 20.5 Å². The molecule has 0 saturated carbocycles. The Morgan fingerprint density at radius 3 is 2.62 bits per heavy atom. The number of hydrogen-bond donors (Lipinski definition) is 3. The van der Waals surface area contributed by atoms with E-state index in [2.05, 4.69) is 15.6 Å². The minimum absolute atomic E-state index is 0. The maximum absolute atomic E-state index is 10.6. The number of guanidine groups is 1. The number of thiophene rings is 1. The first-order valence-electron chi connectivity index (χ1n) is 8.58. The van der Waals surface area contributed by atoms with Gasteiger partial charge in [-0.05, 0) is 43.8 Å². The number of aliphatic imine (C=N–C) groups is 1. The summed E-state index contributed by atoms with van der Waals surface area (Å²) in [4.78, 5) is 5.43. The lowest BCUT2D eigenvalue weighted by atomic mass is 10.1. The Labute approximate surface area is 176 Å². The van der Waals surface area contributed by atoms with Crippen molar-refractivity contribution in [1.82, 2.24) is 10.6 Å². The molecule has 3 N–H and O–H groups in total. The number of aliphatic hydroxyl groups is 1. The Kier molecular flexibility index (Phi) is 10.6. The topological polar surface area (TPSA) is 65.9 Å². The van der Waals surface area contributed by atoms with E-state index in [0.717, 1.165) is 30.1 Å². The molecule has 0 radical (unpaired) electrons. The van der Waals surface area contributed by atoms with Crippen molar-refractivity contribution in [3.05, 3.63) is 52.7 Å². The van der Waals surface area contributed by atoms with Crippen LogP contribution in [0.3, 0.4) is 0 Å². The zero-order valence-electron chi connectivity index (χ0n) is 15.3. The van der Waals surface area contributed by atoms with Gasteiger partial charge in [0.25, 0.3) is 0 Å². The molecule has 0 bridgehead atoms. The maximum Gasteiger partial charge on any atom is 0.191 e. The molecule has 0 aliphatic carbocycles. The summed E-state index contributed by atoms with van der Waals surface area (Å²) in [7, 11) is 0. The minimum Gasteiger partial charge on any atom is -0.494 e. The molecule has 2 rings (SSSR count). The average molecular weight is 489 g/mol. The van der Waals surface area contributed by atoms with Crippen LogP contribution in [0.5, 0.6) is 5.75 Å². The average Bonchev–Trinajstić information content (AvgIpc) is 3.16. The van der Waals surface area contributed by atoms with Crippen LogP contribution >= 0.6 is 35.3 Å². The van der Waals surface area contributed by atoms with Crippen molar-refractivity contribution in [1.29, 1.82) is 0 Å². The molecule has 1 aromatic heterocycles. The lowest BCUT2D eigenvalue weighted by Crippen LogP contribution is -2.39. The van der Waals surface area contributed by atoms with Crippen LogP contribution in [0.25, 0.3) is 0 Å². The van der Waals surface area contributed by atoms with Crippen molar-refractivity contribution in [2.24, 2.45) is 4.99 Å². The highest BCUT2D eigenvalue weighted by Crippen LogP contribution is 2.25. The van der Waals surface area contributed by atoms with Gasteiger partial charge in [-0.25, -0.2) is 4.99 Å². The van der Waals surface area contributed by atoms with Gasteiger partial charge >= 0.3 is 0 Å². The van der Waals surface area contributed by atoms with Gasteiger partial charge in [0, 0.05) is 18.0 Å². The molecule has 144 valence electrons. The highest BCUT2D eigenvalue weighted by Gasteiger charge is 2.23. The van der Waals surface area contributed by atoms with Crippen LogP contribution in [-0.2, 0) is 5.60 Å². The quantitative estimate of drug-likeness (QED) is 0.218. The molecule has 0 aliphatic rings. The van der Waals surface area contributed by atoms with Crippen molar-refractivity contribution >= 4 is 41.3 Å². The van der Waals surface area contributed by atoms with E-state index in [-0.39, 0.29) is 24.0 Å². The molecule has 0 amide bonds. The van der Waals surface area contributed by atoms with Crippen molar-refractivity contribution in [3.8, 4) is 5.75 Å². The Bertz CT molecular complexity index is 633. The van der Waals surface area contributed by atoms with Crippen molar-refractivity contribution in [2.45, 2.75) is 25.9 Å². The van der Waals surface area contributed by atoms with Crippen molar-refractivity contribution in [3.63, 3.8) is 0 Å². The van der Waals surface area contributed by atoms with Gasteiger partial charge in [-0.1, -0.05) is 24.3 Å². The first-order chi connectivity index (χ1) is 12.1. The molecule has 1 unspecified atom stereocenters. The lowest BCUT2D eigenvalue weighted by Gasteiger charge is -2.20. The van der Waals surface area contributed by atoms with E-state index in [1.165, 1.54) is 0 Å². The summed E-state index contributed by atoms with van der Waals surface area (Å²) in [6, 6.07) is 13.7. The number of para-hydroxylation sites is 1.